The second kappa shape index (κ2) is 3.37. The molecule has 1 rings (SSSR count). The molecule has 1 atom stereocenters. The molecule has 70 valence electrons. The van der Waals surface area contributed by atoms with Crippen LogP contribution in [0.2, 0.25) is 0 Å². The Bertz CT molecular complexity index is 180. The van der Waals surface area contributed by atoms with E-state index >= 15 is 0 Å². The van der Waals surface area contributed by atoms with Crippen LogP contribution in [0.15, 0.2) is 0 Å². The van der Waals surface area contributed by atoms with E-state index in [1.54, 1.807) is 13.8 Å². The summed E-state index contributed by atoms with van der Waals surface area (Å²) in [5, 5.41) is 10.4. The third kappa shape index (κ3) is 2.42. The molecule has 0 aromatic carbocycles. The standard InChI is InChI=1S/C7H13NO4/c1-7(2)11-4-3-6(5-12-7)8(9)10/h6H,3-5H2,1-2H3/t6-/m1/s1. The van der Waals surface area contributed by atoms with Crippen LogP contribution in [0, 0.1) is 10.1 Å². The molecule has 1 aliphatic heterocycles. The molecule has 0 amide bonds. The zero-order chi connectivity index (χ0) is 9.19. The highest BCUT2D eigenvalue weighted by Crippen LogP contribution is 2.17. The molecule has 0 radical (unpaired) electrons. The number of hydrogen-bond donors (Lipinski definition) is 0. The van der Waals surface area contributed by atoms with Crippen LogP contribution in [0.5, 0.6) is 0 Å². The fourth-order valence-corrected chi connectivity index (χ4v) is 1.03. The molecule has 1 heterocycles. The summed E-state index contributed by atoms with van der Waals surface area (Å²) in [7, 11) is 0. The van der Waals surface area contributed by atoms with E-state index in [9.17, 15) is 10.1 Å². The molecule has 12 heavy (non-hydrogen) atoms. The topological polar surface area (TPSA) is 61.6 Å². The van der Waals surface area contributed by atoms with Crippen molar-refractivity contribution in [3.8, 4) is 0 Å². The van der Waals surface area contributed by atoms with Crippen molar-refractivity contribution in [1.82, 2.24) is 0 Å². The molecule has 0 aromatic heterocycles. The summed E-state index contributed by atoms with van der Waals surface area (Å²) in [5.41, 5.74) is 0. The largest absolute Gasteiger partial charge is 0.350 e. The van der Waals surface area contributed by atoms with Gasteiger partial charge in [-0.1, -0.05) is 0 Å². The van der Waals surface area contributed by atoms with Gasteiger partial charge in [-0.3, -0.25) is 10.1 Å². The van der Waals surface area contributed by atoms with Crippen LogP contribution >= 0.6 is 0 Å². The molecule has 1 fully saturated rings. The van der Waals surface area contributed by atoms with Crippen LogP contribution in [0.25, 0.3) is 0 Å². The highest BCUT2D eigenvalue weighted by molar-refractivity contribution is 4.64. The number of nitro groups is 1. The van der Waals surface area contributed by atoms with Gasteiger partial charge in [0.25, 0.3) is 0 Å². The lowest BCUT2D eigenvalue weighted by Crippen LogP contribution is -2.29. The molecule has 1 saturated heterocycles. The average Bonchev–Trinajstić information content (AvgIpc) is 2.10. The van der Waals surface area contributed by atoms with Crippen LogP contribution in [0.3, 0.4) is 0 Å². The first-order valence-electron chi connectivity index (χ1n) is 3.93. The quantitative estimate of drug-likeness (QED) is 0.437. The minimum atomic E-state index is -0.676. The Kier molecular flexibility index (Phi) is 2.64. The normalized spacial score (nSPS) is 29.3. The van der Waals surface area contributed by atoms with Gasteiger partial charge >= 0.3 is 0 Å². The summed E-state index contributed by atoms with van der Waals surface area (Å²) in [6.45, 7) is 4.04. The van der Waals surface area contributed by atoms with E-state index in [4.69, 9.17) is 9.47 Å². The second-order valence-corrected chi connectivity index (χ2v) is 3.29. The highest BCUT2D eigenvalue weighted by atomic mass is 16.7. The average molecular weight is 175 g/mol. The van der Waals surface area contributed by atoms with Gasteiger partial charge < -0.3 is 9.47 Å². The van der Waals surface area contributed by atoms with Crippen LogP contribution in [0.4, 0.5) is 0 Å². The maximum Gasteiger partial charge on any atom is 0.238 e. The molecular weight excluding hydrogens is 162 g/mol. The van der Waals surface area contributed by atoms with Gasteiger partial charge in [-0.05, 0) is 13.8 Å². The lowest BCUT2D eigenvalue weighted by atomic mass is 10.2. The molecule has 0 spiro atoms. The van der Waals surface area contributed by atoms with Gasteiger partial charge in [0.2, 0.25) is 6.04 Å². The fourth-order valence-electron chi connectivity index (χ4n) is 1.03. The van der Waals surface area contributed by atoms with Crippen molar-refractivity contribution in [2.24, 2.45) is 0 Å². The summed E-state index contributed by atoms with van der Waals surface area (Å²) in [6.07, 6.45) is 0.427. The van der Waals surface area contributed by atoms with E-state index in [2.05, 4.69) is 0 Å². The van der Waals surface area contributed by atoms with E-state index in [0.717, 1.165) is 0 Å². The van der Waals surface area contributed by atoms with Crippen LogP contribution < -0.4 is 0 Å². The Morgan fingerprint density at radius 3 is 2.75 bits per heavy atom. The molecule has 0 unspecified atom stereocenters. The highest BCUT2D eigenvalue weighted by Gasteiger charge is 2.30. The van der Waals surface area contributed by atoms with Gasteiger partial charge in [0, 0.05) is 11.3 Å². The first-order valence-corrected chi connectivity index (χ1v) is 3.93. The van der Waals surface area contributed by atoms with Gasteiger partial charge in [-0.25, -0.2) is 0 Å². The zero-order valence-corrected chi connectivity index (χ0v) is 7.28. The van der Waals surface area contributed by atoms with Crippen molar-refractivity contribution >= 4 is 0 Å². The lowest BCUT2D eigenvalue weighted by Gasteiger charge is -2.21. The first-order chi connectivity index (χ1) is 5.51. The molecular formula is C7H13NO4. The minimum absolute atomic E-state index is 0.139. The smallest absolute Gasteiger partial charge is 0.238 e. The molecule has 5 nitrogen and oxygen atoms in total. The maximum absolute atomic E-state index is 10.4. The Balaban J connectivity index is 2.50. The molecule has 1 aliphatic rings. The SMILES string of the molecule is CC1(C)OCC[C@@H]([N+](=O)[O-])CO1. The summed E-state index contributed by atoms with van der Waals surface area (Å²) in [5.74, 6) is -0.676. The van der Waals surface area contributed by atoms with Crippen LogP contribution in [0.1, 0.15) is 20.3 Å². The lowest BCUT2D eigenvalue weighted by molar-refractivity contribution is -0.527. The summed E-state index contributed by atoms with van der Waals surface area (Å²) < 4.78 is 10.4. The first kappa shape index (κ1) is 9.41. The van der Waals surface area contributed by atoms with Crippen molar-refractivity contribution in [2.45, 2.75) is 32.1 Å². The summed E-state index contributed by atoms with van der Waals surface area (Å²) in [6, 6.07) is -0.619. The van der Waals surface area contributed by atoms with E-state index in [-0.39, 0.29) is 11.5 Å². The van der Waals surface area contributed by atoms with Crippen LogP contribution in [-0.2, 0) is 9.47 Å². The molecule has 0 aromatic rings. The van der Waals surface area contributed by atoms with Gasteiger partial charge in [0.15, 0.2) is 5.79 Å². The van der Waals surface area contributed by atoms with Crippen LogP contribution in [-0.4, -0.2) is 30.0 Å². The van der Waals surface area contributed by atoms with Gasteiger partial charge in [-0.15, -0.1) is 0 Å². The Morgan fingerprint density at radius 1 is 1.50 bits per heavy atom. The third-order valence-corrected chi connectivity index (χ3v) is 1.82. The number of rotatable bonds is 1. The fraction of sp³-hybridized carbons (Fsp3) is 1.00. The zero-order valence-electron chi connectivity index (χ0n) is 7.28. The Morgan fingerprint density at radius 2 is 2.17 bits per heavy atom. The summed E-state index contributed by atoms with van der Waals surface area (Å²) >= 11 is 0. The van der Waals surface area contributed by atoms with Crippen molar-refractivity contribution < 1.29 is 14.4 Å². The van der Waals surface area contributed by atoms with Crippen molar-refractivity contribution in [1.29, 1.82) is 0 Å². The molecule has 0 saturated carbocycles. The third-order valence-electron chi connectivity index (χ3n) is 1.82. The maximum atomic E-state index is 10.4. The number of nitrogens with zero attached hydrogens (tertiary/aromatic N) is 1. The second-order valence-electron chi connectivity index (χ2n) is 3.29. The van der Waals surface area contributed by atoms with E-state index in [1.165, 1.54) is 0 Å². The molecule has 0 bridgehead atoms. The Hall–Kier alpha value is -0.680. The molecule has 0 N–H and O–H groups in total. The van der Waals surface area contributed by atoms with Gasteiger partial charge in [0.1, 0.15) is 6.61 Å². The monoisotopic (exact) mass is 175 g/mol. The van der Waals surface area contributed by atoms with Gasteiger partial charge in [0.05, 0.1) is 6.61 Å². The minimum Gasteiger partial charge on any atom is -0.350 e. The van der Waals surface area contributed by atoms with Gasteiger partial charge in [-0.2, -0.15) is 0 Å². The molecule has 5 heteroatoms. The molecule has 0 aliphatic carbocycles. The van der Waals surface area contributed by atoms with E-state index in [0.29, 0.717) is 13.0 Å². The van der Waals surface area contributed by atoms with Crippen molar-refractivity contribution in [3.63, 3.8) is 0 Å². The summed E-state index contributed by atoms with van der Waals surface area (Å²) in [4.78, 5) is 10.1. The predicted molar refractivity (Wildman–Crippen MR) is 41.4 cm³/mol. The van der Waals surface area contributed by atoms with Crippen molar-refractivity contribution in [2.75, 3.05) is 13.2 Å². The number of hydrogen-bond acceptors (Lipinski definition) is 4. The Labute approximate surface area is 70.8 Å². The van der Waals surface area contributed by atoms with Crippen molar-refractivity contribution in [3.05, 3.63) is 10.1 Å². The van der Waals surface area contributed by atoms with E-state index < -0.39 is 11.8 Å². The number of ether oxygens (including phenoxy) is 2. The predicted octanol–water partition coefficient (Wildman–Crippen LogP) is 0.805. The van der Waals surface area contributed by atoms with E-state index in [1.807, 2.05) is 0 Å².